The first-order chi connectivity index (χ1) is 11.0. The highest BCUT2D eigenvalue weighted by Crippen LogP contribution is 2.41. The summed E-state index contributed by atoms with van der Waals surface area (Å²) in [6.45, 7) is 2.76. The lowest BCUT2D eigenvalue weighted by atomic mass is 9.78. The molecule has 1 heterocycles. The molecule has 0 aromatic heterocycles. The van der Waals surface area contributed by atoms with Crippen LogP contribution in [0.15, 0.2) is 24.3 Å². The monoisotopic (exact) mass is 333 g/mol. The van der Waals surface area contributed by atoms with E-state index in [4.69, 9.17) is 0 Å². The van der Waals surface area contributed by atoms with Crippen molar-refractivity contribution in [2.24, 2.45) is 0 Å². The molecule has 126 valence electrons. The van der Waals surface area contributed by atoms with Crippen molar-refractivity contribution in [2.45, 2.75) is 56.5 Å². The Morgan fingerprint density at radius 2 is 1.91 bits per heavy atom. The van der Waals surface area contributed by atoms with Gasteiger partial charge in [-0.05, 0) is 49.7 Å². The summed E-state index contributed by atoms with van der Waals surface area (Å²) in [5.41, 5.74) is 1.49. The first-order valence-corrected chi connectivity index (χ1v) is 9.85. The SMILES string of the molecule is Cc1cccc(C2(CNC(=O)C3(O)CCSCC3)CCCC2)c1. The van der Waals surface area contributed by atoms with Crippen molar-refractivity contribution in [3.63, 3.8) is 0 Å². The van der Waals surface area contributed by atoms with Crippen LogP contribution in [0.3, 0.4) is 0 Å². The largest absolute Gasteiger partial charge is 0.380 e. The van der Waals surface area contributed by atoms with Gasteiger partial charge in [0.15, 0.2) is 0 Å². The fourth-order valence-electron chi connectivity index (χ4n) is 3.94. The van der Waals surface area contributed by atoms with Gasteiger partial charge in [0.1, 0.15) is 5.60 Å². The molecule has 0 radical (unpaired) electrons. The van der Waals surface area contributed by atoms with Gasteiger partial charge in [-0.3, -0.25) is 4.79 Å². The molecule has 1 aromatic rings. The molecule has 3 nitrogen and oxygen atoms in total. The molecule has 1 saturated heterocycles. The minimum absolute atomic E-state index is 0.0431. The Kier molecular flexibility index (Phi) is 5.02. The fourth-order valence-corrected chi connectivity index (χ4v) is 5.11. The van der Waals surface area contributed by atoms with Crippen molar-refractivity contribution in [2.75, 3.05) is 18.1 Å². The van der Waals surface area contributed by atoms with Crippen molar-refractivity contribution < 1.29 is 9.90 Å². The normalized spacial score (nSPS) is 22.7. The maximum atomic E-state index is 12.5. The number of aryl methyl sites for hydroxylation is 1. The zero-order valence-corrected chi connectivity index (χ0v) is 14.8. The van der Waals surface area contributed by atoms with E-state index < -0.39 is 5.60 Å². The van der Waals surface area contributed by atoms with E-state index >= 15 is 0 Å². The Hall–Kier alpha value is -1.00. The molecular formula is C19H27NO2S. The number of hydrogen-bond acceptors (Lipinski definition) is 3. The van der Waals surface area contributed by atoms with E-state index in [2.05, 4.69) is 36.5 Å². The Balaban J connectivity index is 1.72. The molecule has 0 bridgehead atoms. The van der Waals surface area contributed by atoms with Gasteiger partial charge in [0.05, 0.1) is 0 Å². The molecule has 3 rings (SSSR count). The molecule has 2 fully saturated rings. The summed E-state index contributed by atoms with van der Waals surface area (Å²) >= 11 is 1.82. The van der Waals surface area contributed by atoms with Crippen LogP contribution >= 0.6 is 11.8 Å². The molecule has 0 atom stereocenters. The quantitative estimate of drug-likeness (QED) is 0.890. The summed E-state index contributed by atoms with van der Waals surface area (Å²) in [4.78, 5) is 12.5. The van der Waals surface area contributed by atoms with Crippen molar-refractivity contribution in [3.05, 3.63) is 35.4 Å². The van der Waals surface area contributed by atoms with Gasteiger partial charge in [-0.25, -0.2) is 0 Å². The molecule has 0 spiro atoms. The van der Waals surface area contributed by atoms with Crippen molar-refractivity contribution >= 4 is 17.7 Å². The molecule has 1 amide bonds. The molecule has 2 N–H and O–H groups in total. The van der Waals surface area contributed by atoms with Crippen LogP contribution in [0.2, 0.25) is 0 Å². The van der Waals surface area contributed by atoms with Gasteiger partial charge in [0.25, 0.3) is 5.91 Å². The molecule has 4 heteroatoms. The number of carbonyl (C=O) groups is 1. The fraction of sp³-hybridized carbons (Fsp3) is 0.632. The molecule has 1 aliphatic carbocycles. The number of rotatable bonds is 4. The van der Waals surface area contributed by atoms with Gasteiger partial charge >= 0.3 is 0 Å². The molecule has 1 aromatic carbocycles. The van der Waals surface area contributed by atoms with Gasteiger partial charge < -0.3 is 10.4 Å². The van der Waals surface area contributed by atoms with Gasteiger partial charge in [-0.1, -0.05) is 42.7 Å². The maximum absolute atomic E-state index is 12.5. The average Bonchev–Trinajstić information content (AvgIpc) is 3.03. The van der Waals surface area contributed by atoms with Crippen LogP contribution in [0.1, 0.15) is 49.7 Å². The van der Waals surface area contributed by atoms with Crippen LogP contribution < -0.4 is 5.32 Å². The van der Waals surface area contributed by atoms with Crippen molar-refractivity contribution in [1.29, 1.82) is 0 Å². The van der Waals surface area contributed by atoms with Crippen LogP contribution in [-0.2, 0) is 10.2 Å². The van der Waals surface area contributed by atoms with E-state index in [1.54, 1.807) is 0 Å². The number of amides is 1. The van der Waals surface area contributed by atoms with Gasteiger partial charge in [-0.2, -0.15) is 11.8 Å². The molecule has 1 saturated carbocycles. The summed E-state index contributed by atoms with van der Waals surface area (Å²) in [5.74, 6) is 1.57. The van der Waals surface area contributed by atoms with Crippen molar-refractivity contribution in [1.82, 2.24) is 5.32 Å². The predicted octanol–water partition coefficient (Wildman–Crippen LogP) is 3.18. The van der Waals surface area contributed by atoms with Gasteiger partial charge in [-0.15, -0.1) is 0 Å². The highest BCUT2D eigenvalue weighted by molar-refractivity contribution is 7.99. The lowest BCUT2D eigenvalue weighted by molar-refractivity contribution is -0.140. The third kappa shape index (κ3) is 3.58. The van der Waals surface area contributed by atoms with E-state index in [9.17, 15) is 9.90 Å². The Bertz CT molecular complexity index is 560. The minimum Gasteiger partial charge on any atom is -0.380 e. The zero-order valence-electron chi connectivity index (χ0n) is 13.9. The Labute approximate surface area is 143 Å². The summed E-state index contributed by atoms with van der Waals surface area (Å²) < 4.78 is 0. The van der Waals surface area contributed by atoms with Crippen LogP contribution in [0, 0.1) is 6.92 Å². The second kappa shape index (κ2) is 6.86. The van der Waals surface area contributed by atoms with E-state index in [1.807, 2.05) is 11.8 Å². The third-order valence-corrected chi connectivity index (χ3v) is 6.51. The number of aliphatic hydroxyl groups is 1. The second-order valence-electron chi connectivity index (χ2n) is 7.18. The average molecular weight is 333 g/mol. The van der Waals surface area contributed by atoms with E-state index in [0.717, 1.165) is 24.3 Å². The highest BCUT2D eigenvalue weighted by atomic mass is 32.2. The number of thioether (sulfide) groups is 1. The lowest BCUT2D eigenvalue weighted by Crippen LogP contribution is -2.52. The molecule has 23 heavy (non-hydrogen) atoms. The Morgan fingerprint density at radius 3 is 2.57 bits per heavy atom. The Morgan fingerprint density at radius 1 is 1.22 bits per heavy atom. The third-order valence-electron chi connectivity index (χ3n) is 5.52. The van der Waals surface area contributed by atoms with E-state index in [-0.39, 0.29) is 11.3 Å². The lowest BCUT2D eigenvalue weighted by Gasteiger charge is -2.34. The molecule has 0 unspecified atom stereocenters. The second-order valence-corrected chi connectivity index (χ2v) is 8.41. The van der Waals surface area contributed by atoms with Crippen LogP contribution in [0.4, 0.5) is 0 Å². The molecule has 2 aliphatic rings. The number of carbonyl (C=O) groups excluding carboxylic acids is 1. The van der Waals surface area contributed by atoms with Gasteiger partial charge in [0.2, 0.25) is 0 Å². The summed E-state index contributed by atoms with van der Waals surface area (Å²) in [6, 6.07) is 8.67. The first kappa shape index (κ1) is 16.8. The topological polar surface area (TPSA) is 49.3 Å². The first-order valence-electron chi connectivity index (χ1n) is 8.70. The van der Waals surface area contributed by atoms with Gasteiger partial charge in [0, 0.05) is 12.0 Å². The number of benzene rings is 1. The minimum atomic E-state index is -1.16. The molecular weight excluding hydrogens is 306 g/mol. The number of hydrogen-bond donors (Lipinski definition) is 2. The van der Waals surface area contributed by atoms with Crippen molar-refractivity contribution in [3.8, 4) is 0 Å². The van der Waals surface area contributed by atoms with E-state index in [0.29, 0.717) is 19.4 Å². The molecule has 1 aliphatic heterocycles. The van der Waals surface area contributed by atoms with Crippen LogP contribution in [0.5, 0.6) is 0 Å². The smallest absolute Gasteiger partial charge is 0.252 e. The predicted molar refractivity (Wildman–Crippen MR) is 95.8 cm³/mol. The summed E-state index contributed by atoms with van der Waals surface area (Å²) in [6.07, 6.45) is 5.80. The van der Waals surface area contributed by atoms with Crippen LogP contribution in [-0.4, -0.2) is 34.7 Å². The zero-order chi connectivity index (χ0) is 16.3. The summed E-state index contributed by atoms with van der Waals surface area (Å²) in [7, 11) is 0. The van der Waals surface area contributed by atoms with Crippen LogP contribution in [0.25, 0.3) is 0 Å². The highest BCUT2D eigenvalue weighted by Gasteiger charge is 2.40. The maximum Gasteiger partial charge on any atom is 0.252 e. The standard InChI is InChI=1S/C19H27NO2S/c1-15-5-4-6-16(13-15)18(7-2-3-8-18)14-20-17(21)19(22)9-11-23-12-10-19/h4-6,13,22H,2-3,7-12,14H2,1H3,(H,20,21). The van der Waals surface area contributed by atoms with E-state index in [1.165, 1.54) is 24.0 Å². The summed E-state index contributed by atoms with van der Waals surface area (Å²) in [5, 5.41) is 13.7. The number of nitrogens with one attached hydrogen (secondary N) is 1.